The Hall–Kier alpha value is -1.11. The van der Waals surface area contributed by atoms with Crippen molar-refractivity contribution in [2.45, 2.75) is 39.5 Å². The van der Waals surface area contributed by atoms with E-state index in [0.717, 1.165) is 11.5 Å². The first-order valence-electron chi connectivity index (χ1n) is 6.77. The zero-order valence-electron chi connectivity index (χ0n) is 10.9. The molecule has 0 aliphatic heterocycles. The van der Waals surface area contributed by atoms with Crippen LogP contribution in [0.5, 0.6) is 0 Å². The molecule has 1 heteroatoms. The smallest absolute Gasteiger partial charge is 0.165 e. The number of carbonyl (C=O) groups is 1. The summed E-state index contributed by atoms with van der Waals surface area (Å²) in [7, 11) is 0. The van der Waals surface area contributed by atoms with Crippen LogP contribution in [0.1, 0.15) is 49.9 Å². The second kappa shape index (κ2) is 5.48. The van der Waals surface area contributed by atoms with E-state index in [1.165, 1.54) is 25.7 Å². The first-order chi connectivity index (χ1) is 8.18. The van der Waals surface area contributed by atoms with Gasteiger partial charge in [-0.15, -0.1) is 0 Å². The molecule has 0 saturated heterocycles. The van der Waals surface area contributed by atoms with Gasteiger partial charge in [0.15, 0.2) is 5.78 Å². The third-order valence-electron chi connectivity index (χ3n) is 4.16. The van der Waals surface area contributed by atoms with Gasteiger partial charge in [-0.05, 0) is 24.7 Å². The van der Waals surface area contributed by atoms with Crippen molar-refractivity contribution in [2.24, 2.45) is 17.8 Å². The lowest BCUT2D eigenvalue weighted by Crippen LogP contribution is -2.25. The van der Waals surface area contributed by atoms with Crippen LogP contribution in [0.2, 0.25) is 0 Å². The number of ketones is 1. The van der Waals surface area contributed by atoms with Crippen LogP contribution in [0.3, 0.4) is 0 Å². The average molecular weight is 230 g/mol. The highest BCUT2D eigenvalue weighted by molar-refractivity contribution is 5.97. The first kappa shape index (κ1) is 12.3. The van der Waals surface area contributed by atoms with Crippen LogP contribution in [-0.4, -0.2) is 5.78 Å². The maximum atomic E-state index is 12.4. The minimum Gasteiger partial charge on any atom is -0.294 e. The van der Waals surface area contributed by atoms with Gasteiger partial charge in [-0.2, -0.15) is 0 Å². The molecule has 0 aromatic heterocycles. The van der Waals surface area contributed by atoms with Crippen molar-refractivity contribution >= 4 is 5.78 Å². The maximum absolute atomic E-state index is 12.4. The molecule has 92 valence electrons. The largest absolute Gasteiger partial charge is 0.294 e. The summed E-state index contributed by atoms with van der Waals surface area (Å²) in [6.07, 6.45) is 5.07. The molecule has 0 spiro atoms. The van der Waals surface area contributed by atoms with E-state index in [2.05, 4.69) is 13.8 Å². The van der Waals surface area contributed by atoms with E-state index < -0.39 is 0 Å². The van der Waals surface area contributed by atoms with Crippen LogP contribution in [0.25, 0.3) is 0 Å². The van der Waals surface area contributed by atoms with Crippen LogP contribution in [0.4, 0.5) is 0 Å². The molecular weight excluding hydrogens is 208 g/mol. The van der Waals surface area contributed by atoms with E-state index >= 15 is 0 Å². The molecule has 0 N–H and O–H groups in total. The Bertz CT molecular complexity index is 368. The van der Waals surface area contributed by atoms with E-state index in [1.807, 2.05) is 30.3 Å². The van der Waals surface area contributed by atoms with E-state index in [9.17, 15) is 4.79 Å². The molecule has 1 saturated carbocycles. The third kappa shape index (κ3) is 2.96. The molecule has 1 fully saturated rings. The minimum absolute atomic E-state index is 0.181. The molecule has 1 nitrogen and oxygen atoms in total. The standard InChI is InChI=1S/C16H22O/c1-12-7-6-10-15(11-12)13(2)16(17)14-8-4-3-5-9-14/h3-5,8-9,12-13,15H,6-7,10-11H2,1-2H3. The molecular formula is C16H22O. The van der Waals surface area contributed by atoms with Gasteiger partial charge in [0.2, 0.25) is 0 Å². The zero-order chi connectivity index (χ0) is 12.3. The highest BCUT2D eigenvalue weighted by Crippen LogP contribution is 2.34. The van der Waals surface area contributed by atoms with Crippen molar-refractivity contribution in [1.29, 1.82) is 0 Å². The highest BCUT2D eigenvalue weighted by atomic mass is 16.1. The molecule has 0 heterocycles. The Labute approximate surface area is 104 Å². The van der Waals surface area contributed by atoms with Gasteiger partial charge in [-0.3, -0.25) is 4.79 Å². The van der Waals surface area contributed by atoms with Crippen LogP contribution in [0, 0.1) is 17.8 Å². The summed E-state index contributed by atoms with van der Waals surface area (Å²) in [6.45, 7) is 4.42. The average Bonchev–Trinajstić information content (AvgIpc) is 2.38. The van der Waals surface area contributed by atoms with Crippen LogP contribution in [0.15, 0.2) is 30.3 Å². The summed E-state index contributed by atoms with van der Waals surface area (Å²) in [6, 6.07) is 9.73. The highest BCUT2D eigenvalue weighted by Gasteiger charge is 2.28. The SMILES string of the molecule is CC1CCCC(C(C)C(=O)c2ccccc2)C1. The number of rotatable bonds is 3. The quantitative estimate of drug-likeness (QED) is 0.706. The predicted octanol–water partition coefficient (Wildman–Crippen LogP) is 4.33. The summed E-state index contributed by atoms with van der Waals surface area (Å²) in [4.78, 5) is 12.4. The normalized spacial score (nSPS) is 26.5. The topological polar surface area (TPSA) is 17.1 Å². The first-order valence-corrected chi connectivity index (χ1v) is 6.77. The molecule has 17 heavy (non-hydrogen) atoms. The Balaban J connectivity index is 2.04. The van der Waals surface area contributed by atoms with E-state index in [1.54, 1.807) is 0 Å². The molecule has 1 aromatic carbocycles. The van der Waals surface area contributed by atoms with Crippen LogP contribution >= 0.6 is 0 Å². The van der Waals surface area contributed by atoms with Crippen molar-refractivity contribution in [3.8, 4) is 0 Å². The summed E-state index contributed by atoms with van der Waals surface area (Å²) in [5.74, 6) is 1.89. The number of hydrogen-bond donors (Lipinski definition) is 0. The van der Waals surface area contributed by atoms with Crippen molar-refractivity contribution in [3.63, 3.8) is 0 Å². The molecule has 1 aromatic rings. The fraction of sp³-hybridized carbons (Fsp3) is 0.562. The molecule has 1 aliphatic rings. The number of benzene rings is 1. The predicted molar refractivity (Wildman–Crippen MR) is 71.1 cm³/mol. The third-order valence-corrected chi connectivity index (χ3v) is 4.16. The Morgan fingerprint density at radius 1 is 1.24 bits per heavy atom. The van der Waals surface area contributed by atoms with Crippen molar-refractivity contribution in [1.82, 2.24) is 0 Å². The van der Waals surface area contributed by atoms with Gasteiger partial charge < -0.3 is 0 Å². The Morgan fingerprint density at radius 3 is 2.59 bits per heavy atom. The molecule has 0 radical (unpaired) electrons. The summed E-state index contributed by atoms with van der Waals surface area (Å²) in [5, 5.41) is 0. The molecule has 0 amide bonds. The van der Waals surface area contributed by atoms with Gasteiger partial charge in [0.25, 0.3) is 0 Å². The number of carbonyl (C=O) groups excluding carboxylic acids is 1. The number of hydrogen-bond acceptors (Lipinski definition) is 1. The van der Waals surface area contributed by atoms with Crippen molar-refractivity contribution in [2.75, 3.05) is 0 Å². The summed E-state index contributed by atoms with van der Waals surface area (Å²) in [5.41, 5.74) is 0.873. The number of Topliss-reactive ketones (excluding diaryl/α,β-unsaturated/α-hetero) is 1. The Morgan fingerprint density at radius 2 is 1.94 bits per heavy atom. The van der Waals surface area contributed by atoms with Gasteiger partial charge in [-0.25, -0.2) is 0 Å². The van der Waals surface area contributed by atoms with E-state index in [0.29, 0.717) is 11.7 Å². The lowest BCUT2D eigenvalue weighted by molar-refractivity contribution is 0.0847. The lowest BCUT2D eigenvalue weighted by atomic mass is 9.74. The van der Waals surface area contributed by atoms with E-state index in [4.69, 9.17) is 0 Å². The summed E-state index contributed by atoms with van der Waals surface area (Å²) >= 11 is 0. The molecule has 2 rings (SSSR count). The monoisotopic (exact) mass is 230 g/mol. The van der Waals surface area contributed by atoms with Crippen molar-refractivity contribution in [3.05, 3.63) is 35.9 Å². The van der Waals surface area contributed by atoms with Crippen molar-refractivity contribution < 1.29 is 4.79 Å². The lowest BCUT2D eigenvalue weighted by Gasteiger charge is -2.30. The van der Waals surface area contributed by atoms with Gasteiger partial charge in [0.05, 0.1) is 0 Å². The van der Waals surface area contributed by atoms with E-state index in [-0.39, 0.29) is 5.92 Å². The molecule has 3 unspecified atom stereocenters. The Kier molecular flexibility index (Phi) is 3.98. The fourth-order valence-corrected chi connectivity index (χ4v) is 3.01. The van der Waals surface area contributed by atoms with Gasteiger partial charge in [-0.1, -0.05) is 57.0 Å². The molecule has 3 atom stereocenters. The van der Waals surface area contributed by atoms with Gasteiger partial charge in [0.1, 0.15) is 0 Å². The van der Waals surface area contributed by atoms with Gasteiger partial charge in [0, 0.05) is 11.5 Å². The molecule has 1 aliphatic carbocycles. The summed E-state index contributed by atoms with van der Waals surface area (Å²) < 4.78 is 0. The maximum Gasteiger partial charge on any atom is 0.165 e. The fourth-order valence-electron chi connectivity index (χ4n) is 3.01. The second-order valence-corrected chi connectivity index (χ2v) is 5.55. The molecule has 0 bridgehead atoms. The van der Waals surface area contributed by atoms with Gasteiger partial charge >= 0.3 is 0 Å². The second-order valence-electron chi connectivity index (χ2n) is 5.55. The zero-order valence-corrected chi connectivity index (χ0v) is 10.9. The van der Waals surface area contributed by atoms with Crippen LogP contribution < -0.4 is 0 Å². The minimum atomic E-state index is 0.181. The van der Waals surface area contributed by atoms with Crippen LogP contribution in [-0.2, 0) is 0 Å².